The van der Waals surface area contributed by atoms with E-state index in [1.54, 1.807) is 25.1 Å². The molecule has 2 aromatic rings. The molecule has 1 aliphatic carbocycles. The van der Waals surface area contributed by atoms with E-state index in [0.717, 1.165) is 12.8 Å². The van der Waals surface area contributed by atoms with Crippen molar-refractivity contribution < 1.29 is 9.53 Å². The fourth-order valence-corrected chi connectivity index (χ4v) is 3.26. The molecular weight excluding hydrogens is 333 g/mol. The van der Waals surface area contributed by atoms with Crippen LogP contribution in [0.5, 0.6) is 5.75 Å². The number of carbonyl (C=O) groups excluding carboxylic acids is 1. The van der Waals surface area contributed by atoms with Gasteiger partial charge in [-0.3, -0.25) is 4.79 Å². The van der Waals surface area contributed by atoms with E-state index >= 15 is 0 Å². The van der Waals surface area contributed by atoms with Gasteiger partial charge in [0, 0.05) is 5.02 Å². The maximum Gasteiger partial charge on any atom is 0.261 e. The number of rotatable bonds is 4. The minimum atomic E-state index is -0.638. The highest BCUT2D eigenvalue weighted by Crippen LogP contribution is 2.31. The molecule has 0 aromatic heterocycles. The van der Waals surface area contributed by atoms with Crippen molar-refractivity contribution in [2.75, 3.05) is 0 Å². The first-order valence-electron chi connectivity index (χ1n) is 7.54. The zero-order valence-electron chi connectivity index (χ0n) is 12.7. The Balaban J connectivity index is 1.64. The van der Waals surface area contributed by atoms with Crippen molar-refractivity contribution in [3.63, 3.8) is 0 Å². The lowest BCUT2D eigenvalue weighted by Crippen LogP contribution is -2.38. The monoisotopic (exact) mass is 349 g/mol. The summed E-state index contributed by atoms with van der Waals surface area (Å²) in [7, 11) is 0. The number of aryl methyl sites for hydroxylation is 1. The Hall–Kier alpha value is -1.71. The highest BCUT2D eigenvalue weighted by molar-refractivity contribution is 6.35. The molecule has 0 unspecified atom stereocenters. The molecule has 0 heterocycles. The van der Waals surface area contributed by atoms with Gasteiger partial charge in [-0.05, 0) is 49.1 Å². The summed E-state index contributed by atoms with van der Waals surface area (Å²) >= 11 is 11.9. The van der Waals surface area contributed by atoms with Crippen LogP contribution in [0.3, 0.4) is 0 Å². The van der Waals surface area contributed by atoms with E-state index in [1.807, 2.05) is 12.1 Å². The van der Waals surface area contributed by atoms with Crippen molar-refractivity contribution in [2.24, 2.45) is 0 Å². The Morgan fingerprint density at radius 3 is 2.83 bits per heavy atom. The molecule has 1 N–H and O–H groups in total. The molecule has 0 bridgehead atoms. The third-order valence-electron chi connectivity index (χ3n) is 4.02. The molecule has 0 radical (unpaired) electrons. The van der Waals surface area contributed by atoms with Crippen LogP contribution in [0.15, 0.2) is 42.5 Å². The predicted octanol–water partition coefficient (Wildman–Crippen LogP) is 4.56. The molecule has 0 aliphatic heterocycles. The zero-order chi connectivity index (χ0) is 16.4. The molecule has 0 saturated heterocycles. The number of carbonyl (C=O) groups is 1. The molecule has 2 aromatic carbocycles. The molecule has 1 aliphatic rings. The largest absolute Gasteiger partial charge is 0.479 e. The van der Waals surface area contributed by atoms with Gasteiger partial charge in [0.1, 0.15) is 5.75 Å². The van der Waals surface area contributed by atoms with Crippen LogP contribution in [0, 0.1) is 0 Å². The number of ether oxygens (including phenoxy) is 1. The first-order valence-corrected chi connectivity index (χ1v) is 8.30. The van der Waals surface area contributed by atoms with E-state index in [2.05, 4.69) is 17.4 Å². The molecule has 23 heavy (non-hydrogen) atoms. The summed E-state index contributed by atoms with van der Waals surface area (Å²) in [5.41, 5.74) is 2.49. The van der Waals surface area contributed by atoms with E-state index in [9.17, 15) is 4.79 Å². The van der Waals surface area contributed by atoms with Gasteiger partial charge >= 0.3 is 0 Å². The molecule has 0 fully saturated rings. The van der Waals surface area contributed by atoms with Crippen LogP contribution in [-0.2, 0) is 11.2 Å². The summed E-state index contributed by atoms with van der Waals surface area (Å²) in [5.74, 6) is 0.295. The summed E-state index contributed by atoms with van der Waals surface area (Å²) in [6, 6.07) is 13.2. The van der Waals surface area contributed by atoms with Gasteiger partial charge in [-0.2, -0.15) is 0 Å². The van der Waals surface area contributed by atoms with Crippen LogP contribution in [0.4, 0.5) is 0 Å². The van der Waals surface area contributed by atoms with Crippen molar-refractivity contribution in [3.05, 3.63) is 63.6 Å². The molecule has 0 spiro atoms. The fraction of sp³-hybridized carbons (Fsp3) is 0.278. The summed E-state index contributed by atoms with van der Waals surface area (Å²) in [6.07, 6.45) is 1.26. The Bertz CT molecular complexity index is 733. The van der Waals surface area contributed by atoms with Gasteiger partial charge in [0.05, 0.1) is 11.1 Å². The van der Waals surface area contributed by atoms with Crippen LogP contribution in [0.25, 0.3) is 0 Å². The number of fused-ring (bicyclic) bond motifs is 1. The number of halogens is 2. The highest BCUT2D eigenvalue weighted by atomic mass is 35.5. The number of nitrogens with one attached hydrogen (secondary N) is 1. The van der Waals surface area contributed by atoms with Crippen LogP contribution < -0.4 is 10.1 Å². The average Bonchev–Trinajstić information content (AvgIpc) is 2.93. The lowest BCUT2D eigenvalue weighted by atomic mass is 10.1. The van der Waals surface area contributed by atoms with Gasteiger partial charge in [-0.1, -0.05) is 47.5 Å². The first-order chi connectivity index (χ1) is 11.0. The maximum absolute atomic E-state index is 12.4. The predicted molar refractivity (Wildman–Crippen MR) is 92.2 cm³/mol. The van der Waals surface area contributed by atoms with Crippen molar-refractivity contribution in [2.45, 2.75) is 31.9 Å². The SMILES string of the molecule is C[C@@H](Oc1ccc(Cl)cc1Cl)C(=O)N[C@H]1CCc2ccccc21. The van der Waals surface area contributed by atoms with Gasteiger partial charge in [-0.25, -0.2) is 0 Å². The van der Waals surface area contributed by atoms with Crippen LogP contribution in [0.1, 0.15) is 30.5 Å². The Morgan fingerprint density at radius 2 is 2.04 bits per heavy atom. The lowest BCUT2D eigenvalue weighted by molar-refractivity contribution is -0.128. The summed E-state index contributed by atoms with van der Waals surface area (Å²) in [5, 5.41) is 3.97. The third-order valence-corrected chi connectivity index (χ3v) is 4.55. The Morgan fingerprint density at radius 1 is 1.26 bits per heavy atom. The Labute approximate surface area is 145 Å². The smallest absolute Gasteiger partial charge is 0.261 e. The van der Waals surface area contributed by atoms with E-state index in [0.29, 0.717) is 15.8 Å². The number of amides is 1. The standard InChI is InChI=1S/C18H17Cl2NO2/c1-11(23-17-9-7-13(19)10-15(17)20)18(22)21-16-8-6-12-4-2-3-5-14(12)16/h2-5,7,9-11,16H,6,8H2,1H3,(H,21,22)/t11-,16+/m1/s1. The summed E-state index contributed by atoms with van der Waals surface area (Å²) in [4.78, 5) is 12.4. The quantitative estimate of drug-likeness (QED) is 0.878. The van der Waals surface area contributed by atoms with Gasteiger partial charge in [0.2, 0.25) is 0 Å². The zero-order valence-corrected chi connectivity index (χ0v) is 14.2. The summed E-state index contributed by atoms with van der Waals surface area (Å²) in [6.45, 7) is 1.71. The number of hydrogen-bond acceptors (Lipinski definition) is 2. The van der Waals surface area contributed by atoms with Crippen LogP contribution in [0.2, 0.25) is 10.0 Å². The average molecular weight is 350 g/mol. The van der Waals surface area contributed by atoms with Gasteiger partial charge in [0.15, 0.2) is 6.10 Å². The minimum absolute atomic E-state index is 0.0467. The first kappa shape index (κ1) is 16.2. The normalized spacial score (nSPS) is 17.4. The summed E-state index contributed by atoms with van der Waals surface area (Å²) < 4.78 is 5.66. The third kappa shape index (κ3) is 3.62. The van der Waals surface area contributed by atoms with E-state index in [4.69, 9.17) is 27.9 Å². The van der Waals surface area contributed by atoms with E-state index < -0.39 is 6.10 Å². The molecule has 120 valence electrons. The maximum atomic E-state index is 12.4. The molecular formula is C18H17Cl2NO2. The van der Waals surface area contributed by atoms with Gasteiger partial charge in [0.25, 0.3) is 5.91 Å². The van der Waals surface area contributed by atoms with Crippen LogP contribution in [-0.4, -0.2) is 12.0 Å². The highest BCUT2D eigenvalue weighted by Gasteiger charge is 2.26. The second-order valence-electron chi connectivity index (χ2n) is 5.63. The van der Waals surface area contributed by atoms with Crippen molar-refractivity contribution in [1.29, 1.82) is 0 Å². The van der Waals surface area contributed by atoms with Gasteiger partial charge in [-0.15, -0.1) is 0 Å². The molecule has 3 rings (SSSR count). The fourth-order valence-electron chi connectivity index (χ4n) is 2.81. The molecule has 5 heteroatoms. The van der Waals surface area contributed by atoms with Gasteiger partial charge < -0.3 is 10.1 Å². The van der Waals surface area contributed by atoms with Crippen LogP contribution >= 0.6 is 23.2 Å². The van der Waals surface area contributed by atoms with Crippen molar-refractivity contribution in [1.82, 2.24) is 5.32 Å². The Kier molecular flexibility index (Phi) is 4.79. The van der Waals surface area contributed by atoms with Crippen molar-refractivity contribution >= 4 is 29.1 Å². The molecule has 2 atom stereocenters. The second-order valence-corrected chi connectivity index (χ2v) is 6.48. The second kappa shape index (κ2) is 6.81. The topological polar surface area (TPSA) is 38.3 Å². The molecule has 1 amide bonds. The molecule has 3 nitrogen and oxygen atoms in total. The number of benzene rings is 2. The van der Waals surface area contributed by atoms with E-state index in [-0.39, 0.29) is 11.9 Å². The minimum Gasteiger partial charge on any atom is -0.479 e. The van der Waals surface area contributed by atoms with Crippen molar-refractivity contribution in [3.8, 4) is 5.75 Å². The lowest BCUT2D eigenvalue weighted by Gasteiger charge is -2.19. The van der Waals surface area contributed by atoms with E-state index in [1.165, 1.54) is 11.1 Å². The number of hydrogen-bond donors (Lipinski definition) is 1. The molecule has 0 saturated carbocycles.